The molecule has 16 heteroatoms. The van der Waals surface area contributed by atoms with Crippen LogP contribution in [0.15, 0.2) is 58.5 Å². The number of hydrogen-bond donors (Lipinski definition) is 6. The molecule has 4 aliphatic rings. The first-order valence-electron chi connectivity index (χ1n) is 21.5. The molecule has 4 rings (SSSR count). The van der Waals surface area contributed by atoms with Crippen molar-refractivity contribution in [2.45, 2.75) is 140 Å². The number of rotatable bonds is 15. The summed E-state index contributed by atoms with van der Waals surface area (Å²) in [6.07, 6.45) is 12.1. The number of unbranched alkanes of at least 4 members (excludes halogenated alkanes) is 3. The van der Waals surface area contributed by atoms with Crippen LogP contribution in [0.3, 0.4) is 0 Å². The van der Waals surface area contributed by atoms with Gasteiger partial charge in [0.15, 0.2) is 6.10 Å². The number of primary amides is 1. The third-order valence-corrected chi connectivity index (χ3v) is 14.2. The van der Waals surface area contributed by atoms with Crippen LogP contribution in [0.4, 0.5) is 9.59 Å². The van der Waals surface area contributed by atoms with E-state index in [-0.39, 0.29) is 64.3 Å². The van der Waals surface area contributed by atoms with E-state index in [1.165, 1.54) is 19.3 Å². The molecule has 7 N–H and O–H groups in total. The normalized spacial score (nSPS) is 32.3. The minimum absolute atomic E-state index is 0.00448. The number of urea groups is 1. The average Bonchev–Trinajstić information content (AvgIpc) is 3.57. The molecule has 15 nitrogen and oxygen atoms in total. The number of methoxy groups -OCH3 is 2. The predicted molar refractivity (Wildman–Crippen MR) is 236 cm³/mol. The third kappa shape index (κ3) is 13.3. The largest absolute Gasteiger partial charge is 0.439 e. The lowest BCUT2D eigenvalue weighted by Gasteiger charge is -2.35. The summed E-state index contributed by atoms with van der Waals surface area (Å²) in [5, 5.41) is 15.4. The summed E-state index contributed by atoms with van der Waals surface area (Å²) in [5.41, 5.74) is 6.33. The molecule has 3 heterocycles. The van der Waals surface area contributed by atoms with Crippen molar-refractivity contribution in [2.75, 3.05) is 33.1 Å². The van der Waals surface area contributed by atoms with E-state index in [9.17, 15) is 28.8 Å². The van der Waals surface area contributed by atoms with Gasteiger partial charge >= 0.3 is 12.1 Å². The number of nitrogens with one attached hydrogen (secondary N) is 5. The molecular formula is C45H68N6O9S. The number of carbonyl (C=O) groups excluding carboxylic acids is 6. The Morgan fingerprint density at radius 3 is 2.41 bits per heavy atom. The number of allylic oxidation sites excluding steroid dienone is 5. The van der Waals surface area contributed by atoms with Crippen molar-refractivity contribution in [3.05, 3.63) is 58.5 Å². The fourth-order valence-corrected chi connectivity index (χ4v) is 10.5. The number of nitrogens with two attached hydrogens (primary N) is 1. The zero-order chi connectivity index (χ0) is 44.9. The number of ether oxygens (including phenoxy) is 3. The summed E-state index contributed by atoms with van der Waals surface area (Å²) in [6.45, 7) is 12.7. The lowest BCUT2D eigenvalue weighted by molar-refractivity contribution is -0.121. The number of ketones is 2. The van der Waals surface area contributed by atoms with Gasteiger partial charge in [-0.15, -0.1) is 0 Å². The maximum atomic E-state index is 14.0. The van der Waals surface area contributed by atoms with Gasteiger partial charge in [0.05, 0.1) is 28.6 Å². The number of thioether (sulfide) groups is 1. The standard InChI is InChI=1S/C45H68N6O9S/c1-27-21-30(4)40(60-42(46)56)35(59-8)16-14-15-29(3)41(55)49-33-25-34(52)38(32(39(33)54)24-28(2)23-31(22-27)58-7)48-20-13-9-12-19-47-37(53)18-11-10-17-36-45(6)44(5,26-61-36)50-43(57)51-45/h14-16,21,25,27-28,31,35-36,40,48H,9-13,17-20,22-24,26H2,1-8H3,(H2,46,56)(H,47,53)(H,49,55)(H2,50,51,57)/b16-14-,29-15+,30-21+/t27-,28-,31+,35-,36?,40-,44?,45?/m0/s1. The summed E-state index contributed by atoms with van der Waals surface area (Å²) in [4.78, 5) is 77.3. The first-order valence-corrected chi connectivity index (χ1v) is 22.6. The molecule has 0 aromatic carbocycles. The molecular weight excluding hydrogens is 801 g/mol. The van der Waals surface area contributed by atoms with Gasteiger partial charge in [-0.1, -0.05) is 44.6 Å². The van der Waals surface area contributed by atoms with E-state index in [2.05, 4.69) is 40.4 Å². The molecule has 8 atom stereocenters. The number of amides is 5. The number of Topliss-reactive ketones (excluding diaryl/α,β-unsaturated/α-hetero) is 1. The van der Waals surface area contributed by atoms with Gasteiger partial charge in [0, 0.05) is 62.0 Å². The van der Waals surface area contributed by atoms with Crippen molar-refractivity contribution in [1.29, 1.82) is 0 Å². The summed E-state index contributed by atoms with van der Waals surface area (Å²) in [7, 11) is 3.12. The third-order valence-electron chi connectivity index (χ3n) is 12.3. The summed E-state index contributed by atoms with van der Waals surface area (Å²) >= 11 is 1.88. The molecule has 2 bridgehead atoms. The van der Waals surface area contributed by atoms with Gasteiger partial charge in [-0.05, 0) is 96.5 Å². The van der Waals surface area contributed by atoms with Crippen LogP contribution in [0, 0.1) is 11.8 Å². The van der Waals surface area contributed by atoms with Gasteiger partial charge in [0.25, 0.3) is 5.91 Å². The number of hydrogen-bond acceptors (Lipinski definition) is 11. The van der Waals surface area contributed by atoms with Gasteiger partial charge < -0.3 is 46.5 Å². The molecule has 0 spiro atoms. The van der Waals surface area contributed by atoms with Gasteiger partial charge in [-0.3, -0.25) is 19.2 Å². The SMILES string of the molecule is CO[C@H]1C[C@H](C)CC2=C(NCCCCCNC(=O)CCCCC3SCC4(C)NC(=O)NC34C)C(=O)C=C(NC(=O)/C(C)=C/C=C\[C@H](OC)[C@@H](OC(N)=O)/C(C)=C/[C@H](C)C1)C2=O. The molecule has 5 amide bonds. The molecule has 0 aromatic heterocycles. The molecule has 0 aromatic rings. The van der Waals surface area contributed by atoms with E-state index >= 15 is 0 Å². The minimum Gasteiger partial charge on any atom is -0.439 e. The summed E-state index contributed by atoms with van der Waals surface area (Å²) in [5.74, 6) is -0.549. The lowest BCUT2D eigenvalue weighted by Crippen LogP contribution is -2.58. The van der Waals surface area contributed by atoms with Crippen LogP contribution in [0.1, 0.15) is 106 Å². The van der Waals surface area contributed by atoms with E-state index in [0.717, 1.165) is 43.4 Å². The fraction of sp³-hybridized carbons (Fsp3) is 0.644. The van der Waals surface area contributed by atoms with Gasteiger partial charge in [0.2, 0.25) is 17.5 Å². The van der Waals surface area contributed by atoms with Crippen molar-refractivity contribution in [3.63, 3.8) is 0 Å². The highest BCUT2D eigenvalue weighted by molar-refractivity contribution is 8.00. The zero-order valence-electron chi connectivity index (χ0n) is 37.2. The second-order valence-corrected chi connectivity index (χ2v) is 18.6. The second-order valence-electron chi connectivity index (χ2n) is 17.4. The Morgan fingerprint density at radius 1 is 0.967 bits per heavy atom. The van der Waals surface area contributed by atoms with Crippen LogP contribution in [0.2, 0.25) is 0 Å². The Balaban J connectivity index is 1.34. The van der Waals surface area contributed by atoms with Crippen molar-refractivity contribution in [1.82, 2.24) is 26.6 Å². The van der Waals surface area contributed by atoms with Crippen LogP contribution in [-0.4, -0.2) is 103 Å². The topological polar surface area (TPSA) is 216 Å². The van der Waals surface area contributed by atoms with Crippen LogP contribution in [0.5, 0.6) is 0 Å². The highest BCUT2D eigenvalue weighted by Gasteiger charge is 2.60. The smallest absolute Gasteiger partial charge is 0.405 e. The summed E-state index contributed by atoms with van der Waals surface area (Å²) < 4.78 is 17.0. The molecule has 2 fully saturated rings. The van der Waals surface area contributed by atoms with Crippen LogP contribution >= 0.6 is 11.8 Å². The van der Waals surface area contributed by atoms with Crippen molar-refractivity contribution in [2.24, 2.45) is 17.6 Å². The maximum absolute atomic E-state index is 14.0. The molecule has 0 radical (unpaired) electrons. The van der Waals surface area contributed by atoms with E-state index in [0.29, 0.717) is 49.6 Å². The van der Waals surface area contributed by atoms with Crippen LogP contribution in [0.25, 0.3) is 0 Å². The van der Waals surface area contributed by atoms with Crippen LogP contribution < -0.4 is 32.3 Å². The first kappa shape index (κ1) is 49.2. The van der Waals surface area contributed by atoms with E-state index in [1.807, 2.05) is 38.6 Å². The molecule has 338 valence electrons. The van der Waals surface area contributed by atoms with Gasteiger partial charge in [-0.25, -0.2) is 9.59 Å². The lowest BCUT2D eigenvalue weighted by atomic mass is 9.79. The van der Waals surface area contributed by atoms with Crippen molar-refractivity contribution < 1.29 is 43.0 Å². The van der Waals surface area contributed by atoms with Gasteiger partial charge in [0.1, 0.15) is 6.10 Å². The first-order chi connectivity index (χ1) is 28.9. The van der Waals surface area contributed by atoms with Crippen molar-refractivity contribution in [3.8, 4) is 0 Å². The van der Waals surface area contributed by atoms with Crippen LogP contribution in [-0.2, 0) is 33.4 Å². The quantitative estimate of drug-likeness (QED) is 0.0546. The summed E-state index contributed by atoms with van der Waals surface area (Å²) in [6, 6.07) is -0.109. The number of carbonyl (C=O) groups is 6. The van der Waals surface area contributed by atoms with E-state index in [4.69, 9.17) is 19.9 Å². The fourth-order valence-electron chi connectivity index (χ4n) is 8.61. The molecule has 61 heavy (non-hydrogen) atoms. The van der Waals surface area contributed by atoms with Crippen molar-refractivity contribution >= 4 is 47.3 Å². The Kier molecular flexibility index (Phi) is 18.3. The predicted octanol–water partition coefficient (Wildman–Crippen LogP) is 5.17. The van der Waals surface area contributed by atoms with E-state index in [1.54, 1.807) is 26.2 Å². The Hall–Kier alpha value is -4.41. The maximum Gasteiger partial charge on any atom is 0.405 e. The highest BCUT2D eigenvalue weighted by atomic mass is 32.2. The monoisotopic (exact) mass is 868 g/mol. The van der Waals surface area contributed by atoms with E-state index < -0.39 is 35.8 Å². The Bertz CT molecular complexity index is 1810. The molecule has 3 aliphatic heterocycles. The molecule has 1 aliphatic carbocycles. The average molecular weight is 869 g/mol. The Labute approximate surface area is 365 Å². The molecule has 2 saturated heterocycles. The second kappa shape index (κ2) is 22.6. The highest BCUT2D eigenvalue weighted by Crippen LogP contribution is 2.47. The zero-order valence-corrected chi connectivity index (χ0v) is 38.0. The molecule has 3 unspecified atom stereocenters. The minimum atomic E-state index is -0.947. The Morgan fingerprint density at radius 2 is 1.70 bits per heavy atom. The van der Waals surface area contributed by atoms with Gasteiger partial charge in [-0.2, -0.15) is 11.8 Å². The number of fused-ring (bicyclic) bond motifs is 3. The molecule has 0 saturated carbocycles.